The first-order chi connectivity index (χ1) is 8.79. The number of hydrogen-bond acceptors (Lipinski definition) is 2. The van der Waals surface area contributed by atoms with Crippen LogP contribution in [0.2, 0.25) is 0 Å². The fraction of sp³-hybridized carbons (Fsp3) is 0.167. The predicted molar refractivity (Wildman–Crippen MR) is 60.0 cm³/mol. The minimum absolute atomic E-state index is 0.133. The van der Waals surface area contributed by atoms with E-state index in [0.717, 1.165) is 0 Å². The summed E-state index contributed by atoms with van der Waals surface area (Å²) in [5.74, 6) is -0.576. The molecule has 100 valence electrons. The van der Waals surface area contributed by atoms with Crippen molar-refractivity contribution >= 4 is 0 Å². The number of halogens is 4. The lowest BCUT2D eigenvalue weighted by Crippen LogP contribution is -2.19. The molecule has 0 spiro atoms. The van der Waals surface area contributed by atoms with E-state index < -0.39 is 23.4 Å². The molecule has 0 aliphatic carbocycles. The van der Waals surface area contributed by atoms with Gasteiger partial charge in [-0.05, 0) is 24.6 Å². The van der Waals surface area contributed by atoms with Gasteiger partial charge < -0.3 is 4.98 Å². The number of benzene rings is 1. The van der Waals surface area contributed by atoms with Crippen LogP contribution in [0.4, 0.5) is 17.6 Å². The van der Waals surface area contributed by atoms with Crippen molar-refractivity contribution in [1.29, 1.82) is 0 Å². The van der Waals surface area contributed by atoms with Crippen LogP contribution in [0.25, 0.3) is 11.3 Å². The quantitative estimate of drug-likeness (QED) is 0.811. The summed E-state index contributed by atoms with van der Waals surface area (Å²) in [6.45, 7) is 1.40. The van der Waals surface area contributed by atoms with E-state index >= 15 is 0 Å². The molecule has 0 saturated heterocycles. The number of H-pyrrole nitrogens is 1. The molecule has 7 heteroatoms. The number of alkyl halides is 3. The second kappa shape index (κ2) is 4.49. The Morgan fingerprint density at radius 1 is 1.26 bits per heavy atom. The lowest BCUT2D eigenvalue weighted by atomic mass is 10.0. The summed E-state index contributed by atoms with van der Waals surface area (Å²) in [7, 11) is 0. The van der Waals surface area contributed by atoms with Crippen LogP contribution in [0.1, 0.15) is 11.3 Å². The third kappa shape index (κ3) is 2.64. The SMILES string of the molecule is Cc1c(F)cccc1-c1cc(C(F)(F)F)[nH]c(=O)n1. The number of aromatic nitrogens is 2. The third-order valence-corrected chi connectivity index (χ3v) is 2.59. The van der Waals surface area contributed by atoms with E-state index in [2.05, 4.69) is 4.98 Å². The van der Waals surface area contributed by atoms with E-state index in [1.807, 2.05) is 0 Å². The van der Waals surface area contributed by atoms with E-state index in [0.29, 0.717) is 6.07 Å². The number of aromatic amines is 1. The smallest absolute Gasteiger partial charge is 0.302 e. The Morgan fingerprint density at radius 2 is 1.95 bits per heavy atom. The van der Waals surface area contributed by atoms with Crippen LogP contribution < -0.4 is 5.69 Å². The second-order valence-electron chi connectivity index (χ2n) is 3.90. The van der Waals surface area contributed by atoms with Gasteiger partial charge in [0.15, 0.2) is 0 Å². The van der Waals surface area contributed by atoms with Crippen molar-refractivity contribution in [3.05, 3.63) is 51.8 Å². The largest absolute Gasteiger partial charge is 0.431 e. The maximum atomic E-state index is 13.4. The lowest BCUT2D eigenvalue weighted by Gasteiger charge is -2.09. The molecule has 0 fully saturated rings. The van der Waals surface area contributed by atoms with Crippen LogP contribution in [0.15, 0.2) is 29.1 Å². The van der Waals surface area contributed by atoms with Crippen molar-refractivity contribution in [2.75, 3.05) is 0 Å². The molecular formula is C12H8F4N2O. The highest BCUT2D eigenvalue weighted by molar-refractivity contribution is 5.63. The molecule has 0 atom stereocenters. The van der Waals surface area contributed by atoms with Gasteiger partial charge in [-0.1, -0.05) is 12.1 Å². The van der Waals surface area contributed by atoms with Gasteiger partial charge in [0.05, 0.1) is 5.69 Å². The van der Waals surface area contributed by atoms with Gasteiger partial charge in [0.25, 0.3) is 0 Å². The predicted octanol–water partition coefficient (Wildman–Crippen LogP) is 2.90. The number of nitrogens with zero attached hydrogens (tertiary/aromatic N) is 1. The zero-order valence-corrected chi connectivity index (χ0v) is 9.68. The first kappa shape index (κ1) is 13.3. The van der Waals surface area contributed by atoms with E-state index in [-0.39, 0.29) is 16.8 Å². The first-order valence-electron chi connectivity index (χ1n) is 5.23. The standard InChI is InChI=1S/C12H8F4N2O/c1-6-7(3-2-4-8(6)13)9-5-10(12(14,15)16)18-11(19)17-9/h2-5H,1H3,(H,17,18,19). The minimum Gasteiger partial charge on any atom is -0.302 e. The summed E-state index contributed by atoms with van der Waals surface area (Å²) in [6.07, 6.45) is -4.70. The second-order valence-corrected chi connectivity index (χ2v) is 3.90. The molecule has 0 amide bonds. The normalized spacial score (nSPS) is 11.6. The van der Waals surface area contributed by atoms with E-state index in [4.69, 9.17) is 0 Å². The van der Waals surface area contributed by atoms with E-state index in [9.17, 15) is 22.4 Å². The molecule has 0 bridgehead atoms. The van der Waals surface area contributed by atoms with Crippen molar-refractivity contribution in [3.8, 4) is 11.3 Å². The fourth-order valence-corrected chi connectivity index (χ4v) is 1.63. The van der Waals surface area contributed by atoms with Crippen LogP contribution in [0, 0.1) is 12.7 Å². The summed E-state index contributed by atoms with van der Waals surface area (Å²) in [4.78, 5) is 16.2. The maximum absolute atomic E-state index is 13.4. The van der Waals surface area contributed by atoms with Gasteiger partial charge in [-0.3, -0.25) is 0 Å². The molecule has 2 aromatic rings. The Morgan fingerprint density at radius 3 is 2.58 bits per heavy atom. The van der Waals surface area contributed by atoms with Crippen LogP contribution in [0.3, 0.4) is 0 Å². The number of hydrogen-bond donors (Lipinski definition) is 1. The fourth-order valence-electron chi connectivity index (χ4n) is 1.63. The molecule has 1 aromatic carbocycles. The number of rotatable bonds is 1. The lowest BCUT2D eigenvalue weighted by molar-refractivity contribution is -0.141. The molecule has 1 aromatic heterocycles. The van der Waals surface area contributed by atoms with Crippen LogP contribution in [-0.4, -0.2) is 9.97 Å². The van der Waals surface area contributed by atoms with Gasteiger partial charge in [-0.25, -0.2) is 9.18 Å². The van der Waals surface area contributed by atoms with Gasteiger partial charge in [-0.2, -0.15) is 18.2 Å². The van der Waals surface area contributed by atoms with Crippen molar-refractivity contribution in [3.63, 3.8) is 0 Å². The zero-order valence-electron chi connectivity index (χ0n) is 9.68. The molecule has 1 heterocycles. The van der Waals surface area contributed by atoms with Crippen molar-refractivity contribution in [1.82, 2.24) is 9.97 Å². The average molecular weight is 272 g/mol. The molecule has 3 nitrogen and oxygen atoms in total. The third-order valence-electron chi connectivity index (χ3n) is 2.59. The Kier molecular flexibility index (Phi) is 3.13. The summed E-state index contributed by atoms with van der Waals surface area (Å²) in [5.41, 5.74) is -2.28. The Balaban J connectivity index is 2.67. The highest BCUT2D eigenvalue weighted by Crippen LogP contribution is 2.30. The van der Waals surface area contributed by atoms with E-state index in [1.54, 1.807) is 4.98 Å². The summed E-state index contributed by atoms with van der Waals surface area (Å²) < 4.78 is 51.1. The molecule has 0 aliphatic heterocycles. The van der Waals surface area contributed by atoms with Gasteiger partial charge in [-0.15, -0.1) is 0 Å². The summed E-state index contributed by atoms with van der Waals surface area (Å²) >= 11 is 0. The van der Waals surface area contributed by atoms with Crippen molar-refractivity contribution in [2.45, 2.75) is 13.1 Å². The Labute approximate surface area is 104 Å². The summed E-state index contributed by atoms with van der Waals surface area (Å²) in [6, 6.07) is 4.61. The van der Waals surface area contributed by atoms with Gasteiger partial charge in [0.2, 0.25) is 0 Å². The monoisotopic (exact) mass is 272 g/mol. The van der Waals surface area contributed by atoms with Crippen molar-refractivity contribution < 1.29 is 17.6 Å². The Bertz CT molecular complexity index is 676. The molecule has 0 radical (unpaired) electrons. The molecule has 2 rings (SSSR count). The van der Waals surface area contributed by atoms with Gasteiger partial charge >= 0.3 is 11.9 Å². The molecular weight excluding hydrogens is 264 g/mol. The Hall–Kier alpha value is -2.18. The van der Waals surface area contributed by atoms with Gasteiger partial charge in [0.1, 0.15) is 11.5 Å². The highest BCUT2D eigenvalue weighted by Gasteiger charge is 2.32. The minimum atomic E-state index is -4.70. The van der Waals surface area contributed by atoms with Crippen molar-refractivity contribution in [2.24, 2.45) is 0 Å². The molecule has 1 N–H and O–H groups in total. The maximum Gasteiger partial charge on any atom is 0.431 e. The molecule has 0 unspecified atom stereocenters. The zero-order chi connectivity index (χ0) is 14.2. The topological polar surface area (TPSA) is 45.8 Å². The van der Waals surface area contributed by atoms with Gasteiger partial charge in [0, 0.05) is 5.56 Å². The molecule has 0 aliphatic rings. The summed E-state index contributed by atoms with van der Waals surface area (Å²) in [5, 5.41) is 0. The highest BCUT2D eigenvalue weighted by atomic mass is 19.4. The van der Waals surface area contributed by atoms with Crippen LogP contribution >= 0.6 is 0 Å². The van der Waals surface area contributed by atoms with Crippen LogP contribution in [-0.2, 0) is 6.18 Å². The molecule has 0 saturated carbocycles. The number of nitrogens with one attached hydrogen (secondary N) is 1. The first-order valence-corrected chi connectivity index (χ1v) is 5.23. The van der Waals surface area contributed by atoms with E-state index in [1.165, 1.54) is 25.1 Å². The molecule has 19 heavy (non-hydrogen) atoms. The van der Waals surface area contributed by atoms with Crippen LogP contribution in [0.5, 0.6) is 0 Å². The average Bonchev–Trinajstić information content (AvgIpc) is 2.31.